The van der Waals surface area contributed by atoms with Crippen LogP contribution in [0, 0.1) is 0 Å². The quantitative estimate of drug-likeness (QED) is 0.121. The summed E-state index contributed by atoms with van der Waals surface area (Å²) >= 11 is 0. The van der Waals surface area contributed by atoms with Crippen molar-refractivity contribution in [1.29, 1.82) is 0 Å². The van der Waals surface area contributed by atoms with Gasteiger partial charge < -0.3 is 18.7 Å². The third kappa shape index (κ3) is 12.0. The first-order chi connectivity index (χ1) is 19.9. The molecule has 1 rings (SSSR count). The molecule has 0 aliphatic rings. The second-order valence-electron chi connectivity index (χ2n) is 14.2. The summed E-state index contributed by atoms with van der Waals surface area (Å²) in [6.07, 6.45) is 4.67. The summed E-state index contributed by atoms with van der Waals surface area (Å²) in [5, 5.41) is 10.1. The topological polar surface area (TPSA) is 47.9 Å². The molecule has 250 valence electrons. The Balaban J connectivity index is 0.000000869. The Morgan fingerprint density at radius 2 is 0.977 bits per heavy atom. The molecular formula is C37H70O4Si2. The minimum atomic E-state index is -1.91. The van der Waals surface area contributed by atoms with Crippen molar-refractivity contribution in [3.8, 4) is 0 Å². The first-order valence-electron chi connectivity index (χ1n) is 16.9. The number of aliphatic hydroxyl groups is 1. The highest BCUT2D eigenvalue weighted by Crippen LogP contribution is 2.44. The summed E-state index contributed by atoms with van der Waals surface area (Å²) in [7, 11) is -3.78. The maximum absolute atomic E-state index is 10.1. The summed E-state index contributed by atoms with van der Waals surface area (Å²) in [5.74, 6) is 0. The highest BCUT2D eigenvalue weighted by atomic mass is 28.4. The Kier molecular flexibility index (Phi) is 19.7. The van der Waals surface area contributed by atoms with Crippen molar-refractivity contribution in [3.63, 3.8) is 0 Å². The fourth-order valence-electron chi connectivity index (χ4n) is 7.31. The third-order valence-electron chi connectivity index (χ3n) is 9.37. The van der Waals surface area contributed by atoms with E-state index < -0.39 is 22.7 Å². The number of aliphatic hydroxyl groups excluding tert-OH is 1. The highest BCUT2D eigenvalue weighted by Gasteiger charge is 2.47. The molecular weight excluding hydrogens is 565 g/mol. The van der Waals surface area contributed by atoms with Crippen molar-refractivity contribution in [2.24, 2.45) is 0 Å². The Morgan fingerprint density at radius 1 is 0.605 bits per heavy atom. The Labute approximate surface area is 270 Å². The van der Waals surface area contributed by atoms with Gasteiger partial charge in [0.05, 0.1) is 31.0 Å². The van der Waals surface area contributed by atoms with Crippen molar-refractivity contribution in [2.45, 2.75) is 174 Å². The van der Waals surface area contributed by atoms with Crippen LogP contribution < -0.4 is 0 Å². The maximum Gasteiger partial charge on any atom is 0.200 e. The average molecular weight is 635 g/mol. The van der Waals surface area contributed by atoms with Gasteiger partial charge in [0.15, 0.2) is 0 Å². The fourth-order valence-corrected chi connectivity index (χ4v) is 18.5. The summed E-state index contributed by atoms with van der Waals surface area (Å²) in [6, 6.07) is 10.3. The third-order valence-corrected chi connectivity index (χ3v) is 21.8. The zero-order valence-electron chi connectivity index (χ0n) is 30.5. The van der Waals surface area contributed by atoms with Gasteiger partial charge in [0, 0.05) is 0 Å². The standard InChI is InChI=1S/C22H38O2Si.C15H32O2Si/c1-9-13-22(23-16-21-14-11-10-12-15-21)20(8)24-25(17(2)3,18(4)5)19(6)7;1-9-10-15(16)14(8)17-18(11(2)3,12(4)5)13(6)7/h9-12,14-15,17-20,22H,1,13,16H2,2-8H3;9,11-16H,1,10H2,2-8H3/t20-,22?;14-,15?/m00/s1. The van der Waals surface area contributed by atoms with Gasteiger partial charge in [-0.2, -0.15) is 0 Å². The van der Waals surface area contributed by atoms with Crippen LogP contribution >= 0.6 is 0 Å². The van der Waals surface area contributed by atoms with Crippen LogP contribution in [0.4, 0.5) is 0 Å². The lowest BCUT2D eigenvalue weighted by molar-refractivity contribution is -0.0318. The first-order valence-corrected chi connectivity index (χ1v) is 21.1. The molecule has 0 spiro atoms. The molecule has 0 bridgehead atoms. The minimum Gasteiger partial charge on any atom is -0.411 e. The van der Waals surface area contributed by atoms with Crippen LogP contribution in [-0.4, -0.2) is 46.2 Å². The van der Waals surface area contributed by atoms with Gasteiger partial charge in [0.25, 0.3) is 0 Å². The van der Waals surface area contributed by atoms with Crippen LogP contribution in [0.2, 0.25) is 33.2 Å². The summed E-state index contributed by atoms with van der Waals surface area (Å²) in [5.41, 5.74) is 4.59. The normalized spacial score (nSPS) is 15.6. The largest absolute Gasteiger partial charge is 0.411 e. The Bertz CT molecular complexity index is 838. The van der Waals surface area contributed by atoms with Gasteiger partial charge in [-0.1, -0.05) is 126 Å². The van der Waals surface area contributed by atoms with Gasteiger partial charge in [-0.15, -0.1) is 13.2 Å². The van der Waals surface area contributed by atoms with E-state index in [0.29, 0.717) is 46.3 Å². The molecule has 0 aromatic heterocycles. The van der Waals surface area contributed by atoms with Gasteiger partial charge in [0.2, 0.25) is 16.6 Å². The van der Waals surface area contributed by atoms with Crippen molar-refractivity contribution in [1.82, 2.24) is 0 Å². The Hall–Kier alpha value is -1.03. The predicted octanol–water partition coefficient (Wildman–Crippen LogP) is 11.2. The Morgan fingerprint density at radius 3 is 1.33 bits per heavy atom. The summed E-state index contributed by atoms with van der Waals surface area (Å²) in [6.45, 7) is 39.9. The average Bonchev–Trinajstić information content (AvgIpc) is 2.92. The lowest BCUT2D eigenvalue weighted by Crippen LogP contribution is -2.52. The van der Waals surface area contributed by atoms with E-state index in [0.717, 1.165) is 6.42 Å². The summed E-state index contributed by atoms with van der Waals surface area (Å²) < 4.78 is 19.6. The zero-order chi connectivity index (χ0) is 33.5. The second kappa shape index (κ2) is 20.2. The van der Waals surface area contributed by atoms with E-state index >= 15 is 0 Å². The molecule has 4 atom stereocenters. The van der Waals surface area contributed by atoms with Crippen molar-refractivity contribution < 1.29 is 18.7 Å². The van der Waals surface area contributed by atoms with Crippen LogP contribution in [0.5, 0.6) is 0 Å². The van der Waals surface area contributed by atoms with Crippen molar-refractivity contribution in [3.05, 3.63) is 61.2 Å². The van der Waals surface area contributed by atoms with Crippen LogP contribution in [0.25, 0.3) is 0 Å². The molecule has 0 fully saturated rings. The molecule has 1 N–H and O–H groups in total. The van der Waals surface area contributed by atoms with Crippen LogP contribution in [0.1, 0.15) is 115 Å². The smallest absolute Gasteiger partial charge is 0.200 e. The van der Waals surface area contributed by atoms with E-state index in [1.165, 1.54) is 5.56 Å². The number of hydrogen-bond acceptors (Lipinski definition) is 4. The summed E-state index contributed by atoms with van der Waals surface area (Å²) in [4.78, 5) is 0. The number of rotatable bonds is 19. The lowest BCUT2D eigenvalue weighted by atomic mass is 10.1. The zero-order valence-corrected chi connectivity index (χ0v) is 32.5. The van der Waals surface area contributed by atoms with Gasteiger partial charge in [-0.25, -0.2) is 0 Å². The molecule has 0 heterocycles. The van der Waals surface area contributed by atoms with Gasteiger partial charge >= 0.3 is 0 Å². The van der Waals surface area contributed by atoms with Gasteiger partial charge in [0.1, 0.15) is 0 Å². The van der Waals surface area contributed by atoms with E-state index in [1.807, 2.05) is 19.1 Å². The van der Waals surface area contributed by atoms with Crippen LogP contribution in [0.3, 0.4) is 0 Å². The first kappa shape index (κ1) is 42.0. The molecule has 0 aliphatic carbocycles. The molecule has 4 nitrogen and oxygen atoms in total. The number of hydrogen-bond donors (Lipinski definition) is 1. The van der Waals surface area contributed by atoms with Crippen LogP contribution in [0.15, 0.2) is 55.6 Å². The van der Waals surface area contributed by atoms with E-state index in [-0.39, 0.29) is 18.3 Å². The molecule has 0 saturated heterocycles. The minimum absolute atomic E-state index is 0.0424. The van der Waals surface area contributed by atoms with Crippen LogP contribution in [-0.2, 0) is 20.2 Å². The molecule has 1 aromatic rings. The predicted molar refractivity (Wildman–Crippen MR) is 194 cm³/mol. The van der Waals surface area contributed by atoms with Crippen molar-refractivity contribution in [2.75, 3.05) is 0 Å². The highest BCUT2D eigenvalue weighted by molar-refractivity contribution is 6.78. The molecule has 2 unspecified atom stereocenters. The molecule has 1 aromatic carbocycles. The van der Waals surface area contributed by atoms with E-state index in [1.54, 1.807) is 6.08 Å². The van der Waals surface area contributed by atoms with E-state index in [9.17, 15) is 5.11 Å². The second-order valence-corrected chi connectivity index (χ2v) is 25.0. The molecule has 0 radical (unpaired) electrons. The fraction of sp³-hybridized carbons (Fsp3) is 0.730. The SMILES string of the molecule is C=CCC(O)[C@H](C)O[Si](C(C)C)(C(C)C)C(C)C.C=CCC(OCc1ccccc1)[C@H](C)O[Si](C(C)C)(C(C)C)C(C)C. The molecule has 43 heavy (non-hydrogen) atoms. The van der Waals surface area contributed by atoms with Gasteiger partial charge in [-0.05, 0) is 65.5 Å². The molecule has 0 aliphatic heterocycles. The lowest BCUT2D eigenvalue weighted by Gasteiger charge is -2.45. The van der Waals surface area contributed by atoms with Gasteiger partial charge in [-0.3, -0.25) is 0 Å². The molecule has 0 amide bonds. The molecule has 6 heteroatoms. The monoisotopic (exact) mass is 634 g/mol. The number of benzene rings is 1. The van der Waals surface area contributed by atoms with E-state index in [4.69, 9.17) is 13.6 Å². The van der Waals surface area contributed by atoms with Crippen molar-refractivity contribution >= 4 is 16.6 Å². The maximum atomic E-state index is 10.1. The number of ether oxygens (including phenoxy) is 1. The van der Waals surface area contributed by atoms with E-state index in [2.05, 4.69) is 127 Å². The molecule has 0 saturated carbocycles.